The van der Waals surface area contributed by atoms with E-state index in [0.29, 0.717) is 5.78 Å². The van der Waals surface area contributed by atoms with E-state index in [2.05, 4.69) is 0 Å². The Kier molecular flexibility index (Phi) is 6.38. The molecule has 1 rings (SSSR count). The van der Waals surface area contributed by atoms with Crippen molar-refractivity contribution in [1.82, 2.24) is 0 Å². The van der Waals surface area contributed by atoms with Gasteiger partial charge in [0, 0.05) is 6.42 Å². The molecule has 1 saturated carbocycles. The highest BCUT2D eigenvalue weighted by Crippen LogP contribution is 2.17. The molecule has 0 aromatic carbocycles. The maximum Gasteiger partial charge on any atom is 0.158 e. The Morgan fingerprint density at radius 3 is 1.80 bits per heavy atom. The van der Waals surface area contributed by atoms with Gasteiger partial charge < -0.3 is 0 Å². The van der Waals surface area contributed by atoms with Crippen molar-refractivity contribution in [2.75, 3.05) is 0 Å². The molecule has 1 aliphatic carbocycles. The van der Waals surface area contributed by atoms with Gasteiger partial charge in [-0.2, -0.15) is 0 Å². The molecule has 0 aromatic heterocycles. The smallest absolute Gasteiger partial charge is 0.158 e. The van der Waals surface area contributed by atoms with E-state index in [0.717, 1.165) is 24.8 Å². The summed E-state index contributed by atoms with van der Waals surface area (Å²) in [6.45, 7) is 2.00. The first-order valence-electron chi connectivity index (χ1n) is 6.53. The van der Waals surface area contributed by atoms with Crippen molar-refractivity contribution in [2.24, 2.45) is 0 Å². The van der Waals surface area contributed by atoms with Crippen LogP contribution in [-0.4, -0.2) is 5.78 Å². The Morgan fingerprint density at radius 2 is 1.27 bits per heavy atom. The number of allylic oxidation sites excluding steroid dienone is 2. The van der Waals surface area contributed by atoms with E-state index in [-0.39, 0.29) is 0 Å². The minimum absolute atomic E-state index is 0.401. The molecule has 0 aromatic rings. The second-order valence-electron chi connectivity index (χ2n) is 4.57. The maximum absolute atomic E-state index is 11.8. The summed E-state index contributed by atoms with van der Waals surface area (Å²) in [7, 11) is 0. The number of carbonyl (C=O) groups is 1. The minimum atomic E-state index is 0.401. The largest absolute Gasteiger partial charge is 0.295 e. The van der Waals surface area contributed by atoms with E-state index in [1.165, 1.54) is 44.9 Å². The Morgan fingerprint density at radius 1 is 0.800 bits per heavy atom. The molecular formula is C14H24O. The van der Waals surface area contributed by atoms with Crippen LogP contribution in [-0.2, 0) is 4.79 Å². The highest BCUT2D eigenvalue weighted by Gasteiger charge is 2.08. The average molecular weight is 208 g/mol. The Labute approximate surface area is 93.9 Å². The molecule has 0 aliphatic heterocycles. The molecule has 0 amide bonds. The van der Waals surface area contributed by atoms with E-state index in [1.54, 1.807) is 0 Å². The summed E-state index contributed by atoms with van der Waals surface area (Å²) in [5.41, 5.74) is 1.08. The van der Waals surface area contributed by atoms with Gasteiger partial charge in [0.2, 0.25) is 0 Å². The number of rotatable bonds is 0. The topological polar surface area (TPSA) is 17.1 Å². The fourth-order valence-electron chi connectivity index (χ4n) is 2.27. The highest BCUT2D eigenvalue weighted by molar-refractivity contribution is 5.95. The quantitative estimate of drug-likeness (QED) is 0.539. The second-order valence-corrected chi connectivity index (χ2v) is 4.57. The lowest BCUT2D eigenvalue weighted by atomic mass is 9.96. The standard InChI is InChI=1S/C14H24O/c1-2-13-11-9-7-5-3-4-6-8-10-12-14(13)15/h2H,3-12H2,1H3/b13-2+. The van der Waals surface area contributed by atoms with Crippen LogP contribution < -0.4 is 0 Å². The van der Waals surface area contributed by atoms with Crippen LogP contribution in [0.5, 0.6) is 0 Å². The number of carbonyl (C=O) groups excluding carboxylic acids is 1. The number of hydrogen-bond acceptors (Lipinski definition) is 1. The van der Waals surface area contributed by atoms with Crippen LogP contribution >= 0.6 is 0 Å². The molecule has 0 bridgehead atoms. The van der Waals surface area contributed by atoms with Gasteiger partial charge in [0.05, 0.1) is 0 Å². The van der Waals surface area contributed by atoms with Crippen molar-refractivity contribution in [2.45, 2.75) is 71.1 Å². The van der Waals surface area contributed by atoms with Gasteiger partial charge in [-0.05, 0) is 31.8 Å². The normalized spacial score (nSPS) is 24.6. The highest BCUT2D eigenvalue weighted by atomic mass is 16.1. The van der Waals surface area contributed by atoms with E-state index >= 15 is 0 Å². The molecule has 0 saturated heterocycles. The summed E-state index contributed by atoms with van der Waals surface area (Å²) in [6, 6.07) is 0. The zero-order valence-corrected chi connectivity index (χ0v) is 10.1. The SMILES string of the molecule is C/C=C1\CCCCCCCCCCC1=O. The van der Waals surface area contributed by atoms with Crippen LogP contribution in [0.1, 0.15) is 71.1 Å². The summed E-state index contributed by atoms with van der Waals surface area (Å²) < 4.78 is 0. The van der Waals surface area contributed by atoms with Gasteiger partial charge in [0.15, 0.2) is 5.78 Å². The molecular weight excluding hydrogens is 184 g/mol. The van der Waals surface area contributed by atoms with Gasteiger partial charge in [-0.1, -0.05) is 44.6 Å². The molecule has 0 radical (unpaired) electrons. The van der Waals surface area contributed by atoms with Crippen molar-refractivity contribution < 1.29 is 4.79 Å². The fourth-order valence-corrected chi connectivity index (χ4v) is 2.27. The van der Waals surface area contributed by atoms with Gasteiger partial charge in [0.25, 0.3) is 0 Å². The van der Waals surface area contributed by atoms with E-state index in [9.17, 15) is 4.79 Å². The van der Waals surface area contributed by atoms with Crippen LogP contribution in [0.2, 0.25) is 0 Å². The van der Waals surface area contributed by atoms with Crippen LogP contribution in [0.15, 0.2) is 11.6 Å². The first kappa shape index (κ1) is 12.5. The molecule has 0 N–H and O–H groups in total. The Balaban J connectivity index is 2.41. The molecule has 0 atom stereocenters. The lowest BCUT2D eigenvalue weighted by Crippen LogP contribution is -2.03. The van der Waals surface area contributed by atoms with E-state index in [1.807, 2.05) is 13.0 Å². The van der Waals surface area contributed by atoms with Gasteiger partial charge in [-0.25, -0.2) is 0 Å². The molecule has 0 unspecified atom stereocenters. The number of Topliss-reactive ketones (excluding diaryl/α,β-unsaturated/α-hetero) is 1. The molecule has 0 spiro atoms. The van der Waals surface area contributed by atoms with Crippen LogP contribution in [0.3, 0.4) is 0 Å². The molecule has 1 fully saturated rings. The van der Waals surface area contributed by atoms with Crippen LogP contribution in [0.4, 0.5) is 0 Å². The first-order chi connectivity index (χ1) is 7.34. The third-order valence-electron chi connectivity index (χ3n) is 3.31. The van der Waals surface area contributed by atoms with Gasteiger partial charge in [0.1, 0.15) is 0 Å². The zero-order valence-electron chi connectivity index (χ0n) is 10.1. The van der Waals surface area contributed by atoms with Gasteiger partial charge in [-0.3, -0.25) is 4.79 Å². The predicted molar refractivity (Wildman–Crippen MR) is 64.9 cm³/mol. The zero-order chi connectivity index (χ0) is 10.9. The summed E-state index contributed by atoms with van der Waals surface area (Å²) >= 11 is 0. The third kappa shape index (κ3) is 5.15. The Bertz CT molecular complexity index is 215. The predicted octanol–water partition coefficient (Wildman–Crippen LogP) is 4.42. The van der Waals surface area contributed by atoms with Crippen molar-refractivity contribution >= 4 is 5.78 Å². The van der Waals surface area contributed by atoms with Gasteiger partial charge in [-0.15, -0.1) is 0 Å². The summed E-state index contributed by atoms with van der Waals surface area (Å²) in [6.07, 6.45) is 14.1. The van der Waals surface area contributed by atoms with E-state index in [4.69, 9.17) is 0 Å². The molecule has 1 aliphatic rings. The van der Waals surface area contributed by atoms with Crippen LogP contribution in [0, 0.1) is 0 Å². The maximum atomic E-state index is 11.8. The number of hydrogen-bond donors (Lipinski definition) is 0. The van der Waals surface area contributed by atoms with Gasteiger partial charge >= 0.3 is 0 Å². The lowest BCUT2D eigenvalue weighted by molar-refractivity contribution is -0.115. The average Bonchev–Trinajstić information content (AvgIpc) is 2.23. The van der Waals surface area contributed by atoms with Crippen molar-refractivity contribution in [1.29, 1.82) is 0 Å². The monoisotopic (exact) mass is 208 g/mol. The third-order valence-corrected chi connectivity index (χ3v) is 3.31. The molecule has 1 heteroatoms. The number of ketones is 1. The summed E-state index contributed by atoms with van der Waals surface area (Å²) in [5.74, 6) is 0.401. The first-order valence-corrected chi connectivity index (χ1v) is 6.53. The lowest BCUT2D eigenvalue weighted by Gasteiger charge is -2.08. The van der Waals surface area contributed by atoms with Crippen molar-refractivity contribution in [3.63, 3.8) is 0 Å². The minimum Gasteiger partial charge on any atom is -0.295 e. The molecule has 15 heavy (non-hydrogen) atoms. The molecule has 1 nitrogen and oxygen atoms in total. The van der Waals surface area contributed by atoms with Crippen molar-refractivity contribution in [3.05, 3.63) is 11.6 Å². The molecule has 86 valence electrons. The summed E-state index contributed by atoms with van der Waals surface area (Å²) in [4.78, 5) is 11.8. The fraction of sp³-hybridized carbons (Fsp3) is 0.786. The van der Waals surface area contributed by atoms with Crippen molar-refractivity contribution in [3.8, 4) is 0 Å². The van der Waals surface area contributed by atoms with E-state index < -0.39 is 0 Å². The Hall–Kier alpha value is -0.590. The summed E-state index contributed by atoms with van der Waals surface area (Å²) in [5, 5.41) is 0. The molecule has 0 heterocycles. The second kappa shape index (κ2) is 7.67. The van der Waals surface area contributed by atoms with Crippen LogP contribution in [0.25, 0.3) is 0 Å².